The first kappa shape index (κ1) is 12.5. The van der Waals surface area contributed by atoms with E-state index in [-0.39, 0.29) is 0 Å². The molecule has 1 saturated carbocycles. The minimum Gasteiger partial charge on any atom is -0.327 e. The smallest absolute Gasteiger partial charge is 0.175 e. The fourth-order valence-corrected chi connectivity index (χ4v) is 2.80. The van der Waals surface area contributed by atoms with Gasteiger partial charge in [0.15, 0.2) is 5.82 Å². The van der Waals surface area contributed by atoms with Crippen LogP contribution in [0.4, 0.5) is 0 Å². The standard InChI is InChI=1S/C12H23N5/c1-8(2)9-4-5-11(13)10(6-9)7-12-14-16-17(3)15-12/h8-11H,4-7,13H2,1-3H3. The lowest BCUT2D eigenvalue weighted by molar-refractivity contribution is 0.187. The van der Waals surface area contributed by atoms with Crippen LogP contribution in [-0.4, -0.2) is 26.2 Å². The highest BCUT2D eigenvalue weighted by Gasteiger charge is 2.30. The van der Waals surface area contributed by atoms with E-state index in [0.717, 1.165) is 30.5 Å². The number of nitrogens with two attached hydrogens (primary N) is 1. The zero-order valence-electron chi connectivity index (χ0n) is 11.0. The van der Waals surface area contributed by atoms with Crippen LogP contribution in [0.3, 0.4) is 0 Å². The van der Waals surface area contributed by atoms with Gasteiger partial charge in [-0.2, -0.15) is 4.80 Å². The average molecular weight is 237 g/mol. The topological polar surface area (TPSA) is 69.6 Å². The summed E-state index contributed by atoms with van der Waals surface area (Å²) in [7, 11) is 1.80. The van der Waals surface area contributed by atoms with Crippen LogP contribution in [0.2, 0.25) is 0 Å². The Labute approximate surface area is 103 Å². The first-order valence-corrected chi connectivity index (χ1v) is 6.54. The predicted molar refractivity (Wildman–Crippen MR) is 66.1 cm³/mol. The molecule has 1 aliphatic rings. The van der Waals surface area contributed by atoms with Crippen LogP contribution in [-0.2, 0) is 13.5 Å². The fourth-order valence-electron chi connectivity index (χ4n) is 2.80. The lowest BCUT2D eigenvalue weighted by Crippen LogP contribution is -2.38. The Morgan fingerprint density at radius 2 is 2.18 bits per heavy atom. The molecule has 3 atom stereocenters. The molecule has 0 bridgehead atoms. The molecule has 0 amide bonds. The molecule has 17 heavy (non-hydrogen) atoms. The van der Waals surface area contributed by atoms with Crippen molar-refractivity contribution in [3.63, 3.8) is 0 Å². The Hall–Kier alpha value is -0.970. The van der Waals surface area contributed by atoms with Crippen LogP contribution in [0.5, 0.6) is 0 Å². The van der Waals surface area contributed by atoms with E-state index in [4.69, 9.17) is 5.73 Å². The Morgan fingerprint density at radius 3 is 2.76 bits per heavy atom. The van der Waals surface area contributed by atoms with E-state index in [9.17, 15) is 0 Å². The minimum atomic E-state index is 0.300. The van der Waals surface area contributed by atoms with E-state index >= 15 is 0 Å². The number of hydrogen-bond donors (Lipinski definition) is 1. The van der Waals surface area contributed by atoms with Crippen LogP contribution < -0.4 is 5.73 Å². The van der Waals surface area contributed by atoms with Gasteiger partial charge in [-0.15, -0.1) is 10.2 Å². The van der Waals surface area contributed by atoms with Gasteiger partial charge in [-0.25, -0.2) is 0 Å². The predicted octanol–water partition coefficient (Wildman–Crippen LogP) is 1.15. The maximum Gasteiger partial charge on any atom is 0.175 e. The molecule has 1 aromatic rings. The molecule has 2 rings (SSSR count). The molecule has 96 valence electrons. The van der Waals surface area contributed by atoms with Crippen molar-refractivity contribution in [2.75, 3.05) is 0 Å². The second kappa shape index (κ2) is 5.12. The van der Waals surface area contributed by atoms with Gasteiger partial charge in [-0.1, -0.05) is 13.8 Å². The van der Waals surface area contributed by atoms with Gasteiger partial charge < -0.3 is 5.73 Å². The maximum atomic E-state index is 6.21. The molecule has 0 aromatic carbocycles. The summed E-state index contributed by atoms with van der Waals surface area (Å²) in [5, 5.41) is 12.2. The summed E-state index contributed by atoms with van der Waals surface area (Å²) in [5.41, 5.74) is 6.21. The quantitative estimate of drug-likeness (QED) is 0.856. The van der Waals surface area contributed by atoms with Gasteiger partial charge >= 0.3 is 0 Å². The van der Waals surface area contributed by atoms with Gasteiger partial charge in [0.1, 0.15) is 0 Å². The molecule has 0 radical (unpaired) electrons. The number of tetrazole rings is 1. The number of aromatic nitrogens is 4. The first-order valence-electron chi connectivity index (χ1n) is 6.54. The van der Waals surface area contributed by atoms with Crippen molar-refractivity contribution in [2.24, 2.45) is 30.5 Å². The highest BCUT2D eigenvalue weighted by atomic mass is 15.6. The summed E-state index contributed by atoms with van der Waals surface area (Å²) in [6, 6.07) is 0.300. The van der Waals surface area contributed by atoms with Gasteiger partial charge in [-0.05, 0) is 42.2 Å². The van der Waals surface area contributed by atoms with Crippen molar-refractivity contribution >= 4 is 0 Å². The second-order valence-corrected chi connectivity index (χ2v) is 5.64. The summed E-state index contributed by atoms with van der Waals surface area (Å²) in [6.45, 7) is 4.61. The van der Waals surface area contributed by atoms with Crippen LogP contribution in [0, 0.1) is 17.8 Å². The third-order valence-electron chi connectivity index (χ3n) is 4.02. The summed E-state index contributed by atoms with van der Waals surface area (Å²) in [6.07, 6.45) is 4.48. The van der Waals surface area contributed by atoms with E-state index in [1.807, 2.05) is 0 Å². The summed E-state index contributed by atoms with van der Waals surface area (Å²) < 4.78 is 0. The molecule has 1 aromatic heterocycles. The minimum absolute atomic E-state index is 0.300. The highest BCUT2D eigenvalue weighted by Crippen LogP contribution is 2.34. The molecule has 1 heterocycles. The Morgan fingerprint density at radius 1 is 1.41 bits per heavy atom. The number of rotatable bonds is 3. The molecule has 0 aliphatic heterocycles. The SMILES string of the molecule is CC(C)C1CCC(N)C(Cc2nnn(C)n2)C1. The molecule has 1 aliphatic carbocycles. The second-order valence-electron chi connectivity index (χ2n) is 5.64. The van der Waals surface area contributed by atoms with Crippen LogP contribution in [0.25, 0.3) is 0 Å². The Bertz CT molecular complexity index is 360. The van der Waals surface area contributed by atoms with Crippen molar-refractivity contribution in [2.45, 2.75) is 45.6 Å². The fraction of sp³-hybridized carbons (Fsp3) is 0.917. The lowest BCUT2D eigenvalue weighted by atomic mass is 9.73. The number of hydrogen-bond acceptors (Lipinski definition) is 4. The van der Waals surface area contributed by atoms with Gasteiger partial charge in [0, 0.05) is 12.5 Å². The van der Waals surface area contributed by atoms with Gasteiger partial charge in [0.05, 0.1) is 7.05 Å². The molecule has 0 saturated heterocycles. The van der Waals surface area contributed by atoms with Gasteiger partial charge in [0.25, 0.3) is 0 Å². The van der Waals surface area contributed by atoms with Crippen molar-refractivity contribution in [1.82, 2.24) is 20.2 Å². The molecule has 5 nitrogen and oxygen atoms in total. The lowest BCUT2D eigenvalue weighted by Gasteiger charge is -2.35. The summed E-state index contributed by atoms with van der Waals surface area (Å²) >= 11 is 0. The van der Waals surface area contributed by atoms with E-state index in [2.05, 4.69) is 29.3 Å². The van der Waals surface area contributed by atoms with E-state index in [0.29, 0.717) is 12.0 Å². The van der Waals surface area contributed by atoms with E-state index in [1.165, 1.54) is 17.6 Å². The number of aryl methyl sites for hydroxylation is 1. The zero-order valence-corrected chi connectivity index (χ0v) is 11.0. The highest BCUT2D eigenvalue weighted by molar-refractivity contribution is 4.90. The molecule has 3 unspecified atom stereocenters. The molecule has 5 heteroatoms. The molecule has 0 spiro atoms. The summed E-state index contributed by atoms with van der Waals surface area (Å²) in [4.78, 5) is 1.52. The van der Waals surface area contributed by atoms with Crippen molar-refractivity contribution in [1.29, 1.82) is 0 Å². The van der Waals surface area contributed by atoms with Crippen molar-refractivity contribution in [3.8, 4) is 0 Å². The van der Waals surface area contributed by atoms with Gasteiger partial charge in [-0.3, -0.25) is 0 Å². The number of nitrogens with zero attached hydrogens (tertiary/aromatic N) is 4. The molecular weight excluding hydrogens is 214 g/mol. The zero-order chi connectivity index (χ0) is 12.4. The third kappa shape index (κ3) is 3.03. The normalized spacial score (nSPS) is 29.8. The average Bonchev–Trinajstić information content (AvgIpc) is 2.67. The van der Waals surface area contributed by atoms with Gasteiger partial charge in [0.2, 0.25) is 0 Å². The first-order chi connectivity index (χ1) is 8.06. The largest absolute Gasteiger partial charge is 0.327 e. The van der Waals surface area contributed by atoms with E-state index < -0.39 is 0 Å². The maximum absolute atomic E-state index is 6.21. The van der Waals surface area contributed by atoms with Crippen molar-refractivity contribution in [3.05, 3.63) is 5.82 Å². The molecule has 1 fully saturated rings. The third-order valence-corrected chi connectivity index (χ3v) is 4.02. The monoisotopic (exact) mass is 237 g/mol. The Balaban J connectivity index is 1.98. The van der Waals surface area contributed by atoms with E-state index in [1.54, 1.807) is 7.05 Å². The summed E-state index contributed by atoms with van der Waals surface area (Å²) in [5.74, 6) is 2.90. The van der Waals surface area contributed by atoms with Crippen LogP contribution in [0.1, 0.15) is 38.9 Å². The van der Waals surface area contributed by atoms with Crippen LogP contribution >= 0.6 is 0 Å². The Kier molecular flexibility index (Phi) is 3.76. The molecule has 2 N–H and O–H groups in total. The molecular formula is C12H23N5. The van der Waals surface area contributed by atoms with Crippen molar-refractivity contribution < 1.29 is 0 Å². The van der Waals surface area contributed by atoms with Crippen LogP contribution in [0.15, 0.2) is 0 Å².